The molecule has 0 aromatic heterocycles. The van der Waals surface area contributed by atoms with Crippen LogP contribution in [-0.4, -0.2) is 82.3 Å². The molecule has 0 saturated carbocycles. The van der Waals surface area contributed by atoms with Gasteiger partial charge in [0, 0.05) is 12.8 Å². The molecule has 0 aromatic rings. The number of quaternary nitrogens is 1. The van der Waals surface area contributed by atoms with Crippen LogP contribution in [0.1, 0.15) is 335 Å². The van der Waals surface area contributed by atoms with E-state index in [0.717, 1.165) is 89.9 Å². The predicted octanol–water partition coefficient (Wildman–Crippen LogP) is 22.3. The number of likely N-dealkylation sites (N-methyl/N-ethyl adjacent to an activating group) is 1. The number of ether oxygens (including phenoxy) is 4. The van der Waals surface area contributed by atoms with E-state index in [0.29, 0.717) is 17.4 Å². The molecule has 0 saturated heterocycles. The number of esters is 2. The van der Waals surface area contributed by atoms with Crippen LogP contribution in [-0.2, 0) is 33.3 Å². The van der Waals surface area contributed by atoms with E-state index in [1.807, 2.05) is 21.1 Å². The minimum atomic E-state index is -1.63. The summed E-state index contributed by atoms with van der Waals surface area (Å²) in [5.41, 5.74) is 0. The molecule has 9 nitrogen and oxygen atoms in total. The van der Waals surface area contributed by atoms with Gasteiger partial charge in [-0.3, -0.25) is 9.59 Å². The highest BCUT2D eigenvalue weighted by molar-refractivity contribution is 5.70. The Hall–Kier alpha value is -3.79. The van der Waals surface area contributed by atoms with Crippen LogP contribution in [0, 0.1) is 0 Å². The molecule has 0 rings (SSSR count). The van der Waals surface area contributed by atoms with Crippen molar-refractivity contribution in [2.24, 2.45) is 0 Å². The second-order valence-electron chi connectivity index (χ2n) is 26.2. The summed E-state index contributed by atoms with van der Waals surface area (Å²) in [5, 5.41) is 11.8. The van der Waals surface area contributed by atoms with E-state index in [2.05, 4.69) is 111 Å². The van der Waals surface area contributed by atoms with Gasteiger partial charge in [-0.2, -0.15) is 0 Å². The number of carboxylic acid groups (broad SMARTS) is 1. The lowest BCUT2D eigenvalue weighted by atomic mass is 10.0. The van der Waals surface area contributed by atoms with Crippen molar-refractivity contribution in [2.45, 2.75) is 347 Å². The Morgan fingerprint density at radius 1 is 0.348 bits per heavy atom. The summed E-state index contributed by atoms with van der Waals surface area (Å²) in [7, 11) is 5.93. The fourth-order valence-corrected chi connectivity index (χ4v) is 10.6. The molecular weight excluding hydrogens is 1100 g/mol. The number of carbonyl (C=O) groups is 3. The Bertz CT molecular complexity index is 1790. The van der Waals surface area contributed by atoms with E-state index in [1.165, 1.54) is 212 Å². The van der Waals surface area contributed by atoms with Gasteiger partial charge in [0.1, 0.15) is 13.2 Å². The zero-order chi connectivity index (χ0) is 64.7. The van der Waals surface area contributed by atoms with Crippen LogP contribution in [0.3, 0.4) is 0 Å². The number of nitrogens with zero attached hydrogens (tertiary/aromatic N) is 1. The van der Waals surface area contributed by atoms with E-state index in [9.17, 15) is 19.5 Å². The van der Waals surface area contributed by atoms with Gasteiger partial charge >= 0.3 is 11.9 Å². The van der Waals surface area contributed by atoms with Gasteiger partial charge in [0.15, 0.2) is 12.4 Å². The molecule has 514 valence electrons. The Labute approximate surface area is 550 Å². The Kier molecular flexibility index (Phi) is 67.1. The van der Waals surface area contributed by atoms with Crippen molar-refractivity contribution < 1.29 is 42.9 Å². The highest BCUT2D eigenvalue weighted by Crippen LogP contribution is 2.18. The van der Waals surface area contributed by atoms with Crippen molar-refractivity contribution in [3.8, 4) is 0 Å². The minimum absolute atomic E-state index is 0.143. The third kappa shape index (κ3) is 71.5. The first-order valence-corrected chi connectivity index (χ1v) is 37.4. The van der Waals surface area contributed by atoms with Crippen LogP contribution in [0.4, 0.5) is 0 Å². The van der Waals surface area contributed by atoms with Crippen molar-refractivity contribution in [1.29, 1.82) is 0 Å². The summed E-state index contributed by atoms with van der Waals surface area (Å²) in [4.78, 5) is 37.5. The lowest BCUT2D eigenvalue weighted by Crippen LogP contribution is -2.44. The van der Waals surface area contributed by atoms with Crippen molar-refractivity contribution in [3.05, 3.63) is 97.2 Å². The highest BCUT2D eigenvalue weighted by Gasteiger charge is 2.22. The van der Waals surface area contributed by atoms with E-state index in [4.69, 9.17) is 18.9 Å². The molecule has 89 heavy (non-hydrogen) atoms. The maximum Gasteiger partial charge on any atom is 0.306 e. The molecule has 2 atom stereocenters. The first-order chi connectivity index (χ1) is 43.6. The first-order valence-electron chi connectivity index (χ1n) is 37.4. The molecule has 0 heterocycles. The summed E-state index contributed by atoms with van der Waals surface area (Å²) in [6.45, 7) is 4.64. The van der Waals surface area contributed by atoms with Gasteiger partial charge in [-0.1, -0.05) is 323 Å². The second-order valence-corrected chi connectivity index (χ2v) is 26.2. The standard InChI is InChI=1S/C80H141NO8/c1-6-8-10-12-14-16-18-20-22-24-26-28-30-31-32-33-34-35-36-37-38-39-40-41-42-43-44-45-46-47-49-50-52-54-56-58-60-62-64-66-68-70-77(82)87-74-76(75-88-80(79(84)85)86-73-72-81(3,4)5)89-78(83)71-69-67-65-63-61-59-57-55-53-51-48-29-27-25-23-21-19-17-15-13-11-9-7-2/h9,11,15,17-18,20-21,23-24,26-27,29-31,51,53,76,80H,6-8,10,12-14,16,19,22,25,28,32-50,52,54-75H2,1-5H3/b11-9-,17-15-,20-18-,23-21-,26-24-,29-27-,31-30-,53-51-. The maximum atomic E-state index is 12.9. The topological polar surface area (TPSA) is 111 Å². The average Bonchev–Trinajstić information content (AvgIpc) is 3.64. The molecule has 9 heteroatoms. The van der Waals surface area contributed by atoms with Gasteiger partial charge < -0.3 is 33.3 Å². The third-order valence-electron chi connectivity index (χ3n) is 16.3. The van der Waals surface area contributed by atoms with Crippen LogP contribution in [0.25, 0.3) is 0 Å². The summed E-state index contributed by atoms with van der Waals surface area (Å²) in [6.07, 6.45) is 93.8. The smallest absolute Gasteiger partial charge is 0.306 e. The van der Waals surface area contributed by atoms with Gasteiger partial charge in [-0.15, -0.1) is 0 Å². The molecular formula is C80H141NO8. The number of aliphatic carboxylic acids is 1. The van der Waals surface area contributed by atoms with Crippen molar-refractivity contribution in [3.63, 3.8) is 0 Å². The largest absolute Gasteiger partial charge is 0.545 e. The van der Waals surface area contributed by atoms with Crippen molar-refractivity contribution in [1.82, 2.24) is 0 Å². The van der Waals surface area contributed by atoms with E-state index >= 15 is 0 Å². The number of hydrogen-bond donors (Lipinski definition) is 0. The van der Waals surface area contributed by atoms with Gasteiger partial charge in [0.25, 0.3) is 0 Å². The lowest BCUT2D eigenvalue weighted by molar-refractivity contribution is -0.870. The van der Waals surface area contributed by atoms with Gasteiger partial charge in [-0.05, 0) is 96.3 Å². The normalized spacial score (nSPS) is 13.2. The molecule has 0 spiro atoms. The zero-order valence-corrected chi connectivity index (χ0v) is 58.8. The van der Waals surface area contributed by atoms with Crippen molar-refractivity contribution >= 4 is 17.9 Å². The van der Waals surface area contributed by atoms with E-state index in [-0.39, 0.29) is 38.6 Å². The number of rotatable bonds is 69. The monoisotopic (exact) mass is 1240 g/mol. The molecule has 0 fully saturated rings. The highest BCUT2D eigenvalue weighted by atomic mass is 16.7. The van der Waals surface area contributed by atoms with Crippen LogP contribution >= 0.6 is 0 Å². The van der Waals surface area contributed by atoms with Crippen LogP contribution < -0.4 is 5.11 Å². The van der Waals surface area contributed by atoms with E-state index < -0.39 is 24.3 Å². The molecule has 0 aliphatic carbocycles. The molecule has 0 radical (unpaired) electrons. The number of carbonyl (C=O) groups excluding carboxylic acids is 3. The predicted molar refractivity (Wildman–Crippen MR) is 380 cm³/mol. The van der Waals surface area contributed by atoms with Crippen LogP contribution in [0.2, 0.25) is 0 Å². The van der Waals surface area contributed by atoms with E-state index in [1.54, 1.807) is 0 Å². The first kappa shape index (κ1) is 85.2. The summed E-state index contributed by atoms with van der Waals surface area (Å²) in [5.74, 6) is -2.29. The molecule has 2 unspecified atom stereocenters. The number of allylic oxidation sites excluding steroid dienone is 16. The maximum absolute atomic E-state index is 12.9. The van der Waals surface area contributed by atoms with Gasteiger partial charge in [0.2, 0.25) is 0 Å². The fourth-order valence-electron chi connectivity index (χ4n) is 10.6. The lowest BCUT2D eigenvalue weighted by Gasteiger charge is -2.26. The van der Waals surface area contributed by atoms with Crippen LogP contribution in [0.15, 0.2) is 97.2 Å². The third-order valence-corrected chi connectivity index (χ3v) is 16.3. The van der Waals surface area contributed by atoms with Crippen LogP contribution in [0.5, 0.6) is 0 Å². The SMILES string of the molecule is CC/C=C\C/C=C\C/C=C\C/C=C\C/C=C\CCCCCCCCCC(=O)OC(COC(=O)CCCCCCCCCCCCCCCCCCCCCCCCCCCC/C=C\C/C=C\C/C=C\CCCCCCC)COC(OCC[N+](C)(C)C)C(=O)[O-]. The number of unbranched alkanes of at least 4 members (excludes halogenated alkanes) is 38. The van der Waals surface area contributed by atoms with Gasteiger partial charge in [0.05, 0.1) is 40.3 Å². The molecule has 0 aromatic carbocycles. The van der Waals surface area contributed by atoms with Gasteiger partial charge in [-0.25, -0.2) is 0 Å². The zero-order valence-electron chi connectivity index (χ0n) is 58.8. The quantitative estimate of drug-likeness (QED) is 0.0195. The molecule has 0 bridgehead atoms. The molecule has 0 amide bonds. The molecule has 0 aliphatic rings. The fraction of sp³-hybridized carbons (Fsp3) is 0.762. The number of hydrogen-bond acceptors (Lipinski definition) is 8. The summed E-state index contributed by atoms with van der Waals surface area (Å²) >= 11 is 0. The average molecular weight is 1250 g/mol. The Morgan fingerprint density at radius 2 is 0.640 bits per heavy atom. The molecule has 0 N–H and O–H groups in total. The summed E-state index contributed by atoms with van der Waals surface area (Å²) in [6, 6.07) is 0. The summed E-state index contributed by atoms with van der Waals surface area (Å²) < 4.78 is 22.8. The number of carboxylic acids is 1. The Balaban J connectivity index is 3.98. The minimum Gasteiger partial charge on any atom is -0.545 e. The second kappa shape index (κ2) is 70.1. The Morgan fingerprint density at radius 3 is 0.955 bits per heavy atom. The van der Waals surface area contributed by atoms with Crippen molar-refractivity contribution in [2.75, 3.05) is 47.5 Å². The molecule has 0 aliphatic heterocycles.